The Morgan fingerprint density at radius 1 is 1.00 bits per heavy atom. The van der Waals surface area contributed by atoms with Crippen LogP contribution in [0.4, 0.5) is 0 Å². The minimum absolute atomic E-state index is 0.0520. The van der Waals surface area contributed by atoms with E-state index in [-0.39, 0.29) is 36.2 Å². The average molecular weight is 555 g/mol. The zero-order valence-electron chi connectivity index (χ0n) is 24.5. The number of hydrogen-bond acceptors (Lipinski definition) is 4. The second-order valence-electron chi connectivity index (χ2n) is 11.8. The van der Waals surface area contributed by atoms with Gasteiger partial charge in [-0.05, 0) is 71.5 Å². The second-order valence-corrected chi connectivity index (χ2v) is 11.8. The highest BCUT2D eigenvalue weighted by atomic mass is 16.2. The molecular weight excluding hydrogens is 512 g/mol. The van der Waals surface area contributed by atoms with E-state index in [1.165, 1.54) is 16.0 Å². The summed E-state index contributed by atoms with van der Waals surface area (Å²) in [6, 6.07) is 22.5. The number of nitrogens with zero attached hydrogens (tertiary/aromatic N) is 2. The average Bonchev–Trinajstić information content (AvgIpc) is 3.29. The fourth-order valence-electron chi connectivity index (χ4n) is 6.87. The van der Waals surface area contributed by atoms with Crippen molar-refractivity contribution in [2.24, 2.45) is 0 Å². The molecule has 2 aliphatic rings. The van der Waals surface area contributed by atoms with Crippen LogP contribution >= 0.6 is 0 Å². The maximum Gasteiger partial charge on any atom is 0.245 e. The smallest absolute Gasteiger partial charge is 0.245 e. The molecule has 3 amide bonds. The summed E-state index contributed by atoms with van der Waals surface area (Å²) in [5, 5.41) is 8.04. The van der Waals surface area contributed by atoms with Gasteiger partial charge in [0.2, 0.25) is 17.7 Å². The van der Waals surface area contributed by atoms with Crippen LogP contribution in [-0.2, 0) is 26.2 Å². The predicted molar refractivity (Wildman–Crippen MR) is 163 cm³/mol. The molecule has 1 aliphatic carbocycles. The topological polar surface area (TPSA) is 81.8 Å². The van der Waals surface area contributed by atoms with Crippen LogP contribution in [0.3, 0.4) is 0 Å². The third-order valence-corrected chi connectivity index (χ3v) is 9.16. The molecule has 3 aromatic carbocycles. The minimum atomic E-state index is -0.704. The summed E-state index contributed by atoms with van der Waals surface area (Å²) >= 11 is 0. The zero-order valence-corrected chi connectivity index (χ0v) is 24.5. The first-order valence-electron chi connectivity index (χ1n) is 14.9. The van der Waals surface area contributed by atoms with Crippen LogP contribution in [0.25, 0.3) is 10.8 Å². The number of rotatable bonds is 9. The molecule has 3 aromatic rings. The van der Waals surface area contributed by atoms with Crippen LogP contribution in [0.5, 0.6) is 0 Å². The number of benzene rings is 3. The van der Waals surface area contributed by atoms with Gasteiger partial charge in [0.25, 0.3) is 0 Å². The van der Waals surface area contributed by atoms with Crippen LogP contribution in [-0.4, -0.2) is 73.8 Å². The Hall–Kier alpha value is -3.71. The van der Waals surface area contributed by atoms with Gasteiger partial charge in [0.1, 0.15) is 6.04 Å². The van der Waals surface area contributed by atoms with Crippen molar-refractivity contribution in [3.8, 4) is 0 Å². The van der Waals surface area contributed by atoms with Crippen molar-refractivity contribution < 1.29 is 14.4 Å². The number of carbonyl (C=O) groups is 3. The summed E-state index contributed by atoms with van der Waals surface area (Å²) in [4.78, 5) is 42.6. The van der Waals surface area contributed by atoms with Gasteiger partial charge in [0.05, 0.1) is 13.1 Å². The van der Waals surface area contributed by atoms with E-state index in [4.69, 9.17) is 0 Å². The SMILES string of the molecule is CCC1CC2(CCN(C(=O)[C@@H](Cc3ccc4ccccc4c3)NC(=O)CN(C)C(=O)CNC)CC2)c2ccccc21. The van der Waals surface area contributed by atoms with Crippen LogP contribution < -0.4 is 10.6 Å². The van der Waals surface area contributed by atoms with Gasteiger partial charge in [-0.2, -0.15) is 0 Å². The Balaban J connectivity index is 1.32. The van der Waals surface area contributed by atoms with Gasteiger partial charge >= 0.3 is 0 Å². The highest BCUT2D eigenvalue weighted by Gasteiger charge is 2.45. The Kier molecular flexibility index (Phi) is 8.74. The molecule has 1 spiro atoms. The van der Waals surface area contributed by atoms with Gasteiger partial charge in [-0.15, -0.1) is 0 Å². The van der Waals surface area contributed by atoms with Crippen LogP contribution in [0.15, 0.2) is 66.7 Å². The molecule has 216 valence electrons. The summed E-state index contributed by atoms with van der Waals surface area (Å²) in [5.41, 5.74) is 4.06. The maximum absolute atomic E-state index is 14.0. The summed E-state index contributed by atoms with van der Waals surface area (Å²) in [6.45, 7) is 3.67. The molecule has 5 rings (SSSR count). The lowest BCUT2D eigenvalue weighted by Crippen LogP contribution is -2.54. The van der Waals surface area contributed by atoms with Gasteiger partial charge in [-0.3, -0.25) is 14.4 Å². The number of piperidine rings is 1. The zero-order chi connectivity index (χ0) is 29.0. The summed E-state index contributed by atoms with van der Waals surface area (Å²) < 4.78 is 0. The van der Waals surface area contributed by atoms with Crippen molar-refractivity contribution in [3.63, 3.8) is 0 Å². The van der Waals surface area contributed by atoms with Gasteiger partial charge in [0.15, 0.2) is 0 Å². The summed E-state index contributed by atoms with van der Waals surface area (Å²) in [6.07, 6.45) is 4.54. The standard InChI is InChI=1S/C34H42N4O3/c1-4-25-21-34(29-12-8-7-11-28(25)29)15-17-38(18-16-34)33(41)30(36-31(39)23-37(3)32(40)22-35-2)20-24-13-14-26-9-5-6-10-27(26)19-24/h5-14,19,25,30,35H,4,15-18,20-23H2,1-3H3,(H,36,39)/t25?,30-/m1/s1. The van der Waals surface area contributed by atoms with E-state index < -0.39 is 6.04 Å². The van der Waals surface area contributed by atoms with Crippen molar-refractivity contribution in [1.82, 2.24) is 20.4 Å². The quantitative estimate of drug-likeness (QED) is 0.419. The molecule has 7 nitrogen and oxygen atoms in total. The fourth-order valence-corrected chi connectivity index (χ4v) is 6.87. The van der Waals surface area contributed by atoms with E-state index in [1.54, 1.807) is 14.1 Å². The van der Waals surface area contributed by atoms with Gasteiger partial charge in [-0.1, -0.05) is 73.7 Å². The lowest BCUT2D eigenvalue weighted by molar-refractivity contribution is -0.139. The molecule has 1 unspecified atom stereocenters. The van der Waals surface area contributed by atoms with Crippen molar-refractivity contribution in [1.29, 1.82) is 0 Å². The molecule has 1 aliphatic heterocycles. The minimum Gasteiger partial charge on any atom is -0.342 e. The third kappa shape index (κ3) is 6.15. The molecule has 2 atom stereocenters. The van der Waals surface area contributed by atoms with Crippen molar-refractivity contribution in [2.45, 2.75) is 56.4 Å². The third-order valence-electron chi connectivity index (χ3n) is 9.16. The van der Waals surface area contributed by atoms with E-state index in [0.29, 0.717) is 25.4 Å². The Morgan fingerprint density at radius 3 is 2.44 bits per heavy atom. The van der Waals surface area contributed by atoms with Gasteiger partial charge in [-0.25, -0.2) is 0 Å². The molecule has 1 heterocycles. The van der Waals surface area contributed by atoms with E-state index in [9.17, 15) is 14.4 Å². The normalized spacial score (nSPS) is 18.2. The highest BCUT2D eigenvalue weighted by molar-refractivity contribution is 5.91. The molecule has 1 fully saturated rings. The largest absolute Gasteiger partial charge is 0.342 e. The van der Waals surface area contributed by atoms with Crippen LogP contribution in [0.2, 0.25) is 0 Å². The molecule has 2 N–H and O–H groups in total. The Bertz CT molecular complexity index is 1410. The van der Waals surface area contributed by atoms with E-state index in [0.717, 1.165) is 42.0 Å². The molecule has 0 saturated carbocycles. The van der Waals surface area contributed by atoms with Crippen molar-refractivity contribution in [2.75, 3.05) is 40.3 Å². The van der Waals surface area contributed by atoms with Crippen molar-refractivity contribution >= 4 is 28.5 Å². The maximum atomic E-state index is 14.0. The first-order valence-corrected chi connectivity index (χ1v) is 14.9. The van der Waals surface area contributed by atoms with E-state index in [2.05, 4.69) is 66.1 Å². The van der Waals surface area contributed by atoms with E-state index >= 15 is 0 Å². The first kappa shape index (κ1) is 28.8. The second kappa shape index (κ2) is 12.4. The summed E-state index contributed by atoms with van der Waals surface area (Å²) in [5.74, 6) is 0.0172. The monoisotopic (exact) mass is 554 g/mol. The van der Waals surface area contributed by atoms with Gasteiger partial charge < -0.3 is 20.4 Å². The number of amides is 3. The molecule has 41 heavy (non-hydrogen) atoms. The number of likely N-dealkylation sites (tertiary alicyclic amines) is 1. The predicted octanol–water partition coefficient (Wildman–Crippen LogP) is 4.00. The number of hydrogen-bond donors (Lipinski definition) is 2. The first-order chi connectivity index (χ1) is 19.8. The van der Waals surface area contributed by atoms with Crippen LogP contribution in [0, 0.1) is 0 Å². The van der Waals surface area contributed by atoms with Crippen molar-refractivity contribution in [3.05, 3.63) is 83.4 Å². The molecular formula is C34H42N4O3. The molecule has 0 radical (unpaired) electrons. The number of carbonyl (C=O) groups excluding carboxylic acids is 3. The number of fused-ring (bicyclic) bond motifs is 3. The number of nitrogens with one attached hydrogen (secondary N) is 2. The van der Waals surface area contributed by atoms with E-state index in [1.807, 2.05) is 23.1 Å². The highest BCUT2D eigenvalue weighted by Crippen LogP contribution is 2.52. The van der Waals surface area contributed by atoms with Crippen LogP contribution in [0.1, 0.15) is 55.2 Å². The fraction of sp³-hybridized carbons (Fsp3) is 0.441. The number of likely N-dealkylation sites (N-methyl/N-ethyl adjacent to an activating group) is 2. The molecule has 0 aromatic heterocycles. The lowest BCUT2D eigenvalue weighted by Gasteiger charge is -2.41. The Labute approximate surface area is 243 Å². The Morgan fingerprint density at radius 2 is 1.71 bits per heavy atom. The molecule has 1 saturated heterocycles. The summed E-state index contributed by atoms with van der Waals surface area (Å²) in [7, 11) is 3.30. The molecule has 0 bridgehead atoms. The lowest BCUT2D eigenvalue weighted by atomic mass is 9.73. The van der Waals surface area contributed by atoms with Gasteiger partial charge in [0, 0.05) is 26.6 Å². The molecule has 7 heteroatoms.